The van der Waals surface area contributed by atoms with Gasteiger partial charge in [-0.3, -0.25) is 57.7 Å². The second-order valence-electron chi connectivity index (χ2n) is 12.2. The fourth-order valence-electron chi connectivity index (χ4n) is 4.35. The van der Waals surface area contributed by atoms with Crippen LogP contribution < -0.4 is 21.7 Å². The van der Waals surface area contributed by atoms with Gasteiger partial charge in [0.15, 0.2) is 0 Å². The number of nitrogens with zero attached hydrogens (tertiary/aromatic N) is 3. The third kappa shape index (κ3) is 19.6. The number of nitrogens with one attached hydrogen (secondary N) is 3. The summed E-state index contributed by atoms with van der Waals surface area (Å²) in [6.45, 7) is -0.268. The molecule has 0 spiro atoms. The quantitative estimate of drug-likeness (QED) is 0.0517. The van der Waals surface area contributed by atoms with Crippen LogP contribution in [-0.2, 0) is 62.4 Å². The molecule has 23 nitrogen and oxygen atoms in total. The second-order valence-corrected chi connectivity index (χ2v) is 12.2. The van der Waals surface area contributed by atoms with E-state index in [9.17, 15) is 57.5 Å². The molecule has 0 aliphatic carbocycles. The van der Waals surface area contributed by atoms with E-state index in [4.69, 9.17) is 51.6 Å². The number of rotatable bonds is 18. The molecule has 1 saturated heterocycles. The number of hydroxylamine groups is 2. The average Bonchev–Trinajstić information content (AvgIpc) is 3.84. The van der Waals surface area contributed by atoms with Gasteiger partial charge in [0.2, 0.25) is 11.8 Å². The summed E-state index contributed by atoms with van der Waals surface area (Å²) in [5, 5.41) is 32.7. The number of nitrogens with two attached hydrogens (primary N) is 1. The number of hydrogen-bond donors (Lipinski definition) is 7. The van der Waals surface area contributed by atoms with Crippen LogP contribution in [0.3, 0.4) is 0 Å². The molecule has 8 N–H and O–H groups in total. The molecule has 330 valence electrons. The van der Waals surface area contributed by atoms with Gasteiger partial charge in [-0.05, 0) is 7.05 Å². The summed E-state index contributed by atoms with van der Waals surface area (Å²) in [5.74, 6) is -0.146. The first-order chi connectivity index (χ1) is 29.2. The molecule has 23 heteroatoms. The lowest BCUT2D eigenvalue weighted by atomic mass is 10.2. The largest absolute Gasteiger partial charge is 0.480 e. The van der Waals surface area contributed by atoms with Crippen molar-refractivity contribution < 1.29 is 77.7 Å². The molecule has 0 aromatic heterocycles. The standard InChI is InChI=1S/C16H15N3O7.C12H12N2O5.C6H9NO2.C5H7NO2/c1-2-3-10(16(25)26-19-14(23)6-7-15(19)24)17-11(20)8-9-18-12(21)4-5-13(18)22;1-2-3-8(12(18)19)13-9(15)6-7-14-10(16)4-5-11(14)17;1-3-4-5(7-2)6(8)9;1-2-3-4(6)5(7)8/h1,4-5,10H,3,6-9H2,(H,17,20);1,4-5,8H,3,6-7H2,(H,13,15)(H,18,19);1,5,7H,4H2,2H3,(H,8,9);1,4H,3,6H2,(H,7,8)/t10-;8-;5-;4-/m0000/s1. The van der Waals surface area contributed by atoms with Crippen molar-refractivity contribution in [1.29, 1.82) is 0 Å². The zero-order valence-electron chi connectivity index (χ0n) is 33.1. The van der Waals surface area contributed by atoms with Crippen molar-refractivity contribution in [2.45, 2.75) is 75.5 Å². The number of terminal acetylenes is 4. The van der Waals surface area contributed by atoms with E-state index < -0.39 is 95.3 Å². The highest BCUT2D eigenvalue weighted by Crippen LogP contribution is 2.13. The molecule has 0 unspecified atom stereocenters. The number of likely N-dealkylation sites (N-methyl/N-ethyl adjacent to an activating group) is 1. The second kappa shape index (κ2) is 28.3. The van der Waals surface area contributed by atoms with E-state index in [-0.39, 0.29) is 64.5 Å². The molecule has 0 radical (unpaired) electrons. The Bertz CT molecular complexity index is 1950. The van der Waals surface area contributed by atoms with Crippen molar-refractivity contribution in [3.63, 3.8) is 0 Å². The molecular formula is C39H43N7O16. The van der Waals surface area contributed by atoms with Gasteiger partial charge >= 0.3 is 23.9 Å². The number of aliphatic carboxylic acids is 3. The topological polar surface area (TPSA) is 347 Å². The van der Waals surface area contributed by atoms with E-state index in [0.29, 0.717) is 5.06 Å². The number of carbonyl (C=O) groups is 12. The lowest BCUT2D eigenvalue weighted by Crippen LogP contribution is -2.46. The Kier molecular flexibility index (Phi) is 24.6. The van der Waals surface area contributed by atoms with Gasteiger partial charge in [-0.15, -0.1) is 54.4 Å². The highest BCUT2D eigenvalue weighted by molar-refractivity contribution is 6.13. The summed E-state index contributed by atoms with van der Waals surface area (Å²) >= 11 is 0. The molecule has 0 bridgehead atoms. The molecule has 3 aliphatic heterocycles. The first-order valence-electron chi connectivity index (χ1n) is 17.8. The molecule has 62 heavy (non-hydrogen) atoms. The van der Waals surface area contributed by atoms with Crippen molar-refractivity contribution in [2.75, 3.05) is 20.1 Å². The maximum Gasteiger partial charge on any atom is 0.356 e. The Balaban J connectivity index is 0.000000898. The van der Waals surface area contributed by atoms with Crippen molar-refractivity contribution in [2.24, 2.45) is 5.73 Å². The van der Waals surface area contributed by atoms with Gasteiger partial charge in [-0.1, -0.05) is 0 Å². The zero-order chi connectivity index (χ0) is 47.5. The summed E-state index contributed by atoms with van der Waals surface area (Å²) in [6.07, 6.45) is 23.6. The van der Waals surface area contributed by atoms with Crippen LogP contribution in [0.4, 0.5) is 0 Å². The minimum atomic E-state index is -1.28. The highest BCUT2D eigenvalue weighted by atomic mass is 16.7. The van der Waals surface area contributed by atoms with Gasteiger partial charge in [0.25, 0.3) is 35.4 Å². The molecule has 0 aromatic carbocycles. The molecule has 1 fully saturated rings. The smallest absolute Gasteiger partial charge is 0.356 e. The Morgan fingerprint density at radius 1 is 0.629 bits per heavy atom. The van der Waals surface area contributed by atoms with Crippen molar-refractivity contribution >= 4 is 71.1 Å². The lowest BCUT2D eigenvalue weighted by Gasteiger charge is -2.19. The summed E-state index contributed by atoms with van der Waals surface area (Å²) in [4.78, 5) is 141. The molecule has 3 aliphatic rings. The maximum absolute atomic E-state index is 12.1. The van der Waals surface area contributed by atoms with E-state index in [1.165, 1.54) is 0 Å². The average molecular weight is 866 g/mol. The Morgan fingerprint density at radius 2 is 0.984 bits per heavy atom. The lowest BCUT2D eigenvalue weighted by molar-refractivity contribution is -0.199. The summed E-state index contributed by atoms with van der Waals surface area (Å²) in [7, 11) is 1.57. The van der Waals surface area contributed by atoms with E-state index in [2.05, 4.69) is 39.6 Å². The van der Waals surface area contributed by atoms with Gasteiger partial charge in [0.1, 0.15) is 24.2 Å². The molecule has 0 aromatic rings. The van der Waals surface area contributed by atoms with Crippen LogP contribution in [0.15, 0.2) is 24.3 Å². The van der Waals surface area contributed by atoms with Gasteiger partial charge in [-0.2, -0.15) is 0 Å². The minimum absolute atomic E-state index is 0.0653. The monoisotopic (exact) mass is 865 g/mol. The van der Waals surface area contributed by atoms with Crippen molar-refractivity contribution in [3.05, 3.63) is 24.3 Å². The predicted molar refractivity (Wildman–Crippen MR) is 210 cm³/mol. The maximum atomic E-state index is 12.1. The normalized spacial score (nSPS) is 15.3. The Hall–Kier alpha value is -8.12. The molecular weight excluding hydrogens is 822 g/mol. The van der Waals surface area contributed by atoms with Crippen molar-refractivity contribution in [3.8, 4) is 49.4 Å². The van der Waals surface area contributed by atoms with Crippen LogP contribution in [0.5, 0.6) is 0 Å². The minimum Gasteiger partial charge on any atom is -0.480 e. The summed E-state index contributed by atoms with van der Waals surface area (Å²) in [6, 6.07) is -3.95. The van der Waals surface area contributed by atoms with Crippen LogP contribution in [0.1, 0.15) is 51.4 Å². The van der Waals surface area contributed by atoms with Gasteiger partial charge in [0, 0.05) is 88.8 Å². The first-order valence-corrected chi connectivity index (χ1v) is 17.8. The Labute approximate surface area is 354 Å². The summed E-state index contributed by atoms with van der Waals surface area (Å²) in [5.41, 5.74) is 4.98. The van der Waals surface area contributed by atoms with Gasteiger partial charge in [0.05, 0.1) is 0 Å². The fraction of sp³-hybridized carbons (Fsp3) is 0.385. The van der Waals surface area contributed by atoms with Gasteiger partial charge in [-0.25, -0.2) is 9.59 Å². The van der Waals surface area contributed by atoms with Crippen LogP contribution in [0.25, 0.3) is 0 Å². The molecule has 0 saturated carbocycles. The van der Waals surface area contributed by atoms with Crippen LogP contribution in [-0.4, -0.2) is 146 Å². The van der Waals surface area contributed by atoms with Crippen LogP contribution in [0, 0.1) is 49.4 Å². The van der Waals surface area contributed by atoms with Crippen molar-refractivity contribution in [1.82, 2.24) is 30.8 Å². The number of carboxylic acids is 3. The van der Waals surface area contributed by atoms with Crippen LogP contribution >= 0.6 is 0 Å². The third-order valence-corrected chi connectivity index (χ3v) is 7.63. The number of imide groups is 3. The number of carbonyl (C=O) groups excluding carboxylic acids is 9. The van der Waals surface area contributed by atoms with E-state index >= 15 is 0 Å². The SMILES string of the molecule is C#CC[C@H](N)C(=O)O.C#CC[C@H](NC(=O)CCN1C(=O)C=CC1=O)C(=O)O.C#CC[C@H](NC(=O)CCN1C(=O)C=CC1=O)C(=O)ON1C(=O)CCC1=O.C#CC[C@H](NC)C(=O)O. The third-order valence-electron chi connectivity index (χ3n) is 7.63. The Morgan fingerprint density at radius 3 is 1.29 bits per heavy atom. The number of amides is 8. The van der Waals surface area contributed by atoms with E-state index in [1.54, 1.807) is 7.05 Å². The molecule has 8 amide bonds. The predicted octanol–water partition coefficient (Wildman–Crippen LogP) is -3.59. The molecule has 4 atom stereocenters. The number of hydrogen-bond acceptors (Lipinski definition) is 15. The zero-order valence-corrected chi connectivity index (χ0v) is 33.1. The van der Waals surface area contributed by atoms with Crippen LogP contribution in [0.2, 0.25) is 0 Å². The highest BCUT2D eigenvalue weighted by Gasteiger charge is 2.35. The molecule has 3 heterocycles. The summed E-state index contributed by atoms with van der Waals surface area (Å²) < 4.78 is 0. The molecule has 3 rings (SSSR count). The number of carboxylic acid groups (broad SMARTS) is 3. The first kappa shape index (κ1) is 53.9. The fourth-order valence-corrected chi connectivity index (χ4v) is 4.35. The van der Waals surface area contributed by atoms with E-state index in [1.807, 2.05) is 0 Å². The van der Waals surface area contributed by atoms with E-state index in [0.717, 1.165) is 34.1 Å². The van der Waals surface area contributed by atoms with Gasteiger partial charge < -0.3 is 41.8 Å².